The van der Waals surface area contributed by atoms with E-state index in [0.29, 0.717) is 11.6 Å². The third-order valence-corrected chi connectivity index (χ3v) is 4.97. The Morgan fingerprint density at radius 1 is 1.07 bits per heavy atom. The number of oxazole rings is 1. The van der Waals surface area contributed by atoms with Gasteiger partial charge >= 0.3 is 5.69 Å². The van der Waals surface area contributed by atoms with Gasteiger partial charge in [0.25, 0.3) is 0 Å². The zero-order valence-electron chi connectivity index (χ0n) is 16.0. The number of pyridine rings is 1. The summed E-state index contributed by atoms with van der Waals surface area (Å²) in [6, 6.07) is 8.75. The molecule has 0 radical (unpaired) electrons. The Balaban J connectivity index is 1.70. The normalized spacial score (nSPS) is 13.6. The zero-order chi connectivity index (χ0) is 20.8. The number of hydrogen-bond donors (Lipinski definition) is 0. The van der Waals surface area contributed by atoms with Gasteiger partial charge in [-0.25, -0.2) is 18.1 Å². The lowest BCUT2D eigenvalue weighted by atomic mass is 10.1. The van der Waals surface area contributed by atoms with Crippen LogP contribution in [-0.4, -0.2) is 19.5 Å². The third kappa shape index (κ3) is 3.30. The highest BCUT2D eigenvalue weighted by molar-refractivity contribution is 5.68. The Labute approximate surface area is 169 Å². The number of nitrogens with zero attached hydrogens (tertiary/aromatic N) is 4. The average Bonchev–Trinajstić information content (AvgIpc) is 3.49. The first-order valence-corrected chi connectivity index (χ1v) is 9.49. The molecule has 6 nitrogen and oxygen atoms in total. The summed E-state index contributed by atoms with van der Waals surface area (Å²) in [4.78, 5) is 25.6. The molecule has 30 heavy (non-hydrogen) atoms. The summed E-state index contributed by atoms with van der Waals surface area (Å²) >= 11 is 0. The van der Waals surface area contributed by atoms with Crippen molar-refractivity contribution in [3.8, 4) is 28.7 Å². The quantitative estimate of drug-likeness (QED) is 0.502. The molecule has 1 aliphatic rings. The summed E-state index contributed by atoms with van der Waals surface area (Å²) < 4.78 is 34.5. The lowest BCUT2D eigenvalue weighted by molar-refractivity contribution is 0.508. The minimum atomic E-state index is -1.03. The highest BCUT2D eigenvalue weighted by atomic mass is 19.2. The Morgan fingerprint density at radius 3 is 2.60 bits per heavy atom. The van der Waals surface area contributed by atoms with Gasteiger partial charge in [0.15, 0.2) is 23.2 Å². The monoisotopic (exact) mass is 406 g/mol. The number of benzene rings is 1. The maximum atomic E-state index is 13.9. The van der Waals surface area contributed by atoms with E-state index in [4.69, 9.17) is 4.42 Å². The molecule has 0 N–H and O–H groups in total. The molecule has 0 aliphatic heterocycles. The molecule has 0 spiro atoms. The van der Waals surface area contributed by atoms with E-state index in [1.54, 1.807) is 24.5 Å². The van der Waals surface area contributed by atoms with Crippen molar-refractivity contribution in [3.05, 3.63) is 82.2 Å². The van der Waals surface area contributed by atoms with Crippen molar-refractivity contribution < 1.29 is 13.2 Å². The van der Waals surface area contributed by atoms with E-state index >= 15 is 0 Å². The topological polar surface area (TPSA) is 73.8 Å². The molecule has 1 aromatic carbocycles. The van der Waals surface area contributed by atoms with Gasteiger partial charge in [-0.1, -0.05) is 0 Å². The molecule has 3 heterocycles. The van der Waals surface area contributed by atoms with Crippen LogP contribution in [0.4, 0.5) is 8.78 Å². The highest BCUT2D eigenvalue weighted by Gasteiger charge is 2.26. The van der Waals surface area contributed by atoms with Crippen LogP contribution in [0.15, 0.2) is 58.0 Å². The molecule has 0 unspecified atom stereocenters. The van der Waals surface area contributed by atoms with Gasteiger partial charge in [0.1, 0.15) is 5.69 Å². The van der Waals surface area contributed by atoms with Crippen LogP contribution in [0.2, 0.25) is 0 Å². The Hall–Kier alpha value is -3.68. The minimum Gasteiger partial charge on any atom is -0.432 e. The predicted molar refractivity (Wildman–Crippen MR) is 105 cm³/mol. The van der Waals surface area contributed by atoms with Crippen molar-refractivity contribution in [3.63, 3.8) is 0 Å². The van der Waals surface area contributed by atoms with Crippen LogP contribution in [0, 0.1) is 18.6 Å². The zero-order valence-corrected chi connectivity index (χ0v) is 16.0. The van der Waals surface area contributed by atoms with Crippen molar-refractivity contribution in [1.29, 1.82) is 0 Å². The van der Waals surface area contributed by atoms with E-state index in [-0.39, 0.29) is 23.0 Å². The van der Waals surface area contributed by atoms with Crippen LogP contribution < -0.4 is 5.69 Å². The lowest BCUT2D eigenvalue weighted by Crippen LogP contribution is -2.22. The van der Waals surface area contributed by atoms with Crippen LogP contribution in [0.5, 0.6) is 0 Å². The largest absolute Gasteiger partial charge is 0.432 e. The molecule has 5 rings (SSSR count). The number of halogens is 2. The molecule has 1 saturated carbocycles. The van der Waals surface area contributed by atoms with E-state index in [1.807, 2.05) is 13.0 Å². The lowest BCUT2D eigenvalue weighted by Gasteiger charge is -2.05. The standard InChI is InChI=1S/C22H16F2N4O2/c1-12-6-8-25-18(10-12)21-27-20(19(30-21)14-4-5-15(23)16(24)11-14)28-9-7-17(13-2-3-13)26-22(28)29/h4-11,13H,2-3H2,1H3. The molecule has 150 valence electrons. The fraction of sp³-hybridized carbons (Fsp3) is 0.182. The average molecular weight is 406 g/mol. The van der Waals surface area contributed by atoms with Crippen LogP contribution >= 0.6 is 0 Å². The van der Waals surface area contributed by atoms with Gasteiger partial charge in [-0.2, -0.15) is 9.97 Å². The van der Waals surface area contributed by atoms with Crippen LogP contribution in [0.1, 0.15) is 30.0 Å². The molecule has 3 aromatic heterocycles. The second-order valence-electron chi connectivity index (χ2n) is 7.30. The number of aryl methyl sites for hydroxylation is 1. The maximum absolute atomic E-state index is 13.9. The second kappa shape index (κ2) is 6.98. The van der Waals surface area contributed by atoms with Crippen LogP contribution in [0.25, 0.3) is 28.7 Å². The first-order valence-electron chi connectivity index (χ1n) is 9.49. The number of rotatable bonds is 4. The van der Waals surface area contributed by atoms with Gasteiger partial charge in [0.2, 0.25) is 5.89 Å². The van der Waals surface area contributed by atoms with Gasteiger partial charge in [-0.15, -0.1) is 0 Å². The summed E-state index contributed by atoms with van der Waals surface area (Å²) in [5, 5.41) is 0. The first-order chi connectivity index (χ1) is 14.5. The smallest absolute Gasteiger partial charge is 0.353 e. The summed E-state index contributed by atoms with van der Waals surface area (Å²) in [6.45, 7) is 1.90. The molecule has 0 saturated heterocycles. The van der Waals surface area contributed by atoms with Crippen LogP contribution in [0.3, 0.4) is 0 Å². The van der Waals surface area contributed by atoms with E-state index in [2.05, 4.69) is 15.0 Å². The molecular formula is C22H16F2N4O2. The molecule has 0 bridgehead atoms. The van der Waals surface area contributed by atoms with Gasteiger partial charge in [0.05, 0.1) is 5.69 Å². The minimum absolute atomic E-state index is 0.121. The highest BCUT2D eigenvalue weighted by Crippen LogP contribution is 2.38. The summed E-state index contributed by atoms with van der Waals surface area (Å²) in [5.74, 6) is -1.27. The molecule has 0 amide bonds. The van der Waals surface area contributed by atoms with Crippen molar-refractivity contribution in [2.45, 2.75) is 25.7 Å². The van der Waals surface area contributed by atoms with Crippen molar-refractivity contribution in [2.75, 3.05) is 0 Å². The first kappa shape index (κ1) is 18.4. The fourth-order valence-electron chi connectivity index (χ4n) is 3.25. The van der Waals surface area contributed by atoms with Gasteiger partial charge in [-0.05, 0) is 61.7 Å². The molecule has 8 heteroatoms. The molecule has 1 fully saturated rings. The van der Waals surface area contributed by atoms with Crippen molar-refractivity contribution in [1.82, 2.24) is 19.5 Å². The summed E-state index contributed by atoms with van der Waals surface area (Å²) in [5.41, 5.74) is 1.88. The van der Waals surface area contributed by atoms with Gasteiger partial charge in [-0.3, -0.25) is 4.98 Å². The Kier molecular flexibility index (Phi) is 4.27. The van der Waals surface area contributed by atoms with E-state index in [9.17, 15) is 13.6 Å². The Bertz CT molecular complexity index is 1320. The third-order valence-electron chi connectivity index (χ3n) is 4.97. The van der Waals surface area contributed by atoms with E-state index in [1.165, 1.54) is 10.6 Å². The number of hydrogen-bond acceptors (Lipinski definition) is 5. The van der Waals surface area contributed by atoms with E-state index < -0.39 is 17.3 Å². The van der Waals surface area contributed by atoms with Crippen molar-refractivity contribution in [2.24, 2.45) is 0 Å². The summed E-state index contributed by atoms with van der Waals surface area (Å²) in [7, 11) is 0. The summed E-state index contributed by atoms with van der Waals surface area (Å²) in [6.07, 6.45) is 5.23. The Morgan fingerprint density at radius 2 is 1.90 bits per heavy atom. The van der Waals surface area contributed by atoms with E-state index in [0.717, 1.165) is 36.2 Å². The van der Waals surface area contributed by atoms with Crippen molar-refractivity contribution >= 4 is 0 Å². The van der Waals surface area contributed by atoms with Gasteiger partial charge in [0, 0.05) is 23.9 Å². The predicted octanol–water partition coefficient (Wildman–Crippen LogP) is 4.41. The molecule has 4 aromatic rings. The second-order valence-corrected chi connectivity index (χ2v) is 7.30. The fourth-order valence-corrected chi connectivity index (χ4v) is 3.25. The maximum Gasteiger partial charge on any atom is 0.353 e. The molecular weight excluding hydrogens is 390 g/mol. The molecule has 0 atom stereocenters. The molecule has 1 aliphatic carbocycles. The van der Waals surface area contributed by atoms with Gasteiger partial charge < -0.3 is 4.42 Å². The van der Waals surface area contributed by atoms with Crippen LogP contribution in [-0.2, 0) is 0 Å². The number of aromatic nitrogens is 4. The SMILES string of the molecule is Cc1ccnc(-c2nc(-n3ccc(C4CC4)nc3=O)c(-c3ccc(F)c(F)c3)o2)c1.